The number of aryl methyl sites for hydroxylation is 1. The Morgan fingerprint density at radius 1 is 1.00 bits per heavy atom. The summed E-state index contributed by atoms with van der Waals surface area (Å²) in [6, 6.07) is 3.00. The minimum absolute atomic E-state index is 0.0537. The molecule has 1 aromatic rings. The lowest BCUT2D eigenvalue weighted by Crippen LogP contribution is -2.29. The molecular weight excluding hydrogens is 336 g/mol. The van der Waals surface area contributed by atoms with Gasteiger partial charge in [0.15, 0.2) is 0 Å². The topological polar surface area (TPSA) is 61.4 Å². The van der Waals surface area contributed by atoms with Crippen LogP contribution in [-0.2, 0) is 0 Å². The quantitative estimate of drug-likeness (QED) is 0.295. The van der Waals surface area contributed by atoms with Gasteiger partial charge in [-0.05, 0) is 31.0 Å². The summed E-state index contributed by atoms with van der Waals surface area (Å²) >= 11 is 5.90. The number of benzene rings is 1. The number of nitrogens with one attached hydrogen (secondary N) is 2. The molecule has 2 amide bonds. The first-order valence-corrected chi connectivity index (χ1v) is 9.96. The maximum atomic E-state index is 11.9. The molecule has 0 fully saturated rings. The second-order valence-electron chi connectivity index (χ2n) is 6.69. The van der Waals surface area contributed by atoms with Gasteiger partial charge in [-0.1, -0.05) is 76.3 Å². The van der Waals surface area contributed by atoms with E-state index in [1.165, 1.54) is 51.4 Å². The largest absolute Gasteiger partial charge is 0.506 e. The van der Waals surface area contributed by atoms with Gasteiger partial charge in [0.05, 0.1) is 5.02 Å². The molecule has 0 aromatic heterocycles. The van der Waals surface area contributed by atoms with Crippen molar-refractivity contribution < 1.29 is 9.90 Å². The Balaban J connectivity index is 2.04. The zero-order valence-electron chi connectivity index (χ0n) is 15.7. The van der Waals surface area contributed by atoms with Gasteiger partial charge in [-0.25, -0.2) is 4.79 Å². The van der Waals surface area contributed by atoms with E-state index in [2.05, 4.69) is 17.6 Å². The maximum Gasteiger partial charge on any atom is 0.319 e. The predicted octanol–water partition coefficient (Wildman–Crippen LogP) is 6.40. The van der Waals surface area contributed by atoms with Crippen molar-refractivity contribution in [2.75, 3.05) is 11.9 Å². The fraction of sp³-hybridized carbons (Fsp3) is 0.650. The van der Waals surface area contributed by atoms with Gasteiger partial charge in [0.25, 0.3) is 0 Å². The van der Waals surface area contributed by atoms with Crippen LogP contribution in [0.15, 0.2) is 12.1 Å². The average Bonchev–Trinajstić information content (AvgIpc) is 2.57. The number of aromatic hydroxyl groups is 1. The molecule has 0 atom stereocenters. The van der Waals surface area contributed by atoms with E-state index >= 15 is 0 Å². The number of hydrogen-bond acceptors (Lipinski definition) is 2. The van der Waals surface area contributed by atoms with E-state index in [1.807, 2.05) is 0 Å². The lowest BCUT2D eigenvalue weighted by atomic mass is 10.1. The van der Waals surface area contributed by atoms with Crippen molar-refractivity contribution in [1.82, 2.24) is 5.32 Å². The molecule has 1 aromatic carbocycles. The van der Waals surface area contributed by atoms with Gasteiger partial charge in [0, 0.05) is 12.2 Å². The Hall–Kier alpha value is -1.42. The summed E-state index contributed by atoms with van der Waals surface area (Å²) in [5.74, 6) is 0.0537. The molecule has 0 spiro atoms. The lowest BCUT2D eigenvalue weighted by Gasteiger charge is -2.10. The Labute approximate surface area is 157 Å². The molecule has 4 nitrogen and oxygen atoms in total. The first-order chi connectivity index (χ1) is 12.0. The molecule has 0 aliphatic carbocycles. The predicted molar refractivity (Wildman–Crippen MR) is 107 cm³/mol. The van der Waals surface area contributed by atoms with Gasteiger partial charge in [-0.15, -0.1) is 0 Å². The SMILES string of the molecule is CCCCCCCCCCCCNC(=O)Nc1cc(C)c(O)c(Cl)c1. The molecule has 0 heterocycles. The number of hydrogen-bond donors (Lipinski definition) is 3. The number of carbonyl (C=O) groups is 1. The summed E-state index contributed by atoms with van der Waals surface area (Å²) in [6.07, 6.45) is 12.8. The monoisotopic (exact) mass is 368 g/mol. The Bertz CT molecular complexity index is 497. The van der Waals surface area contributed by atoms with Gasteiger partial charge in [-0.2, -0.15) is 0 Å². The van der Waals surface area contributed by atoms with E-state index in [0.29, 0.717) is 17.8 Å². The van der Waals surface area contributed by atoms with Crippen LogP contribution in [0.2, 0.25) is 5.02 Å². The second kappa shape index (κ2) is 12.9. The first-order valence-electron chi connectivity index (χ1n) is 9.58. The normalized spacial score (nSPS) is 10.7. The van der Waals surface area contributed by atoms with E-state index in [9.17, 15) is 9.90 Å². The van der Waals surface area contributed by atoms with Crippen LogP contribution in [0.25, 0.3) is 0 Å². The highest BCUT2D eigenvalue weighted by Gasteiger charge is 2.07. The second-order valence-corrected chi connectivity index (χ2v) is 7.09. The summed E-state index contributed by atoms with van der Waals surface area (Å²) in [6.45, 7) is 4.66. The van der Waals surface area contributed by atoms with Gasteiger partial charge in [0.2, 0.25) is 0 Å². The van der Waals surface area contributed by atoms with Crippen molar-refractivity contribution in [2.24, 2.45) is 0 Å². The summed E-state index contributed by atoms with van der Waals surface area (Å²) < 4.78 is 0. The molecule has 0 aliphatic rings. The summed E-state index contributed by atoms with van der Waals surface area (Å²) in [7, 11) is 0. The standard InChI is InChI=1S/C20H33ClN2O2/c1-3-4-5-6-7-8-9-10-11-12-13-22-20(25)23-17-14-16(2)19(24)18(21)15-17/h14-15,24H,3-13H2,1-2H3,(H2,22,23,25). The fourth-order valence-electron chi connectivity index (χ4n) is 2.80. The first kappa shape index (κ1) is 21.6. The molecule has 0 saturated carbocycles. The highest BCUT2D eigenvalue weighted by atomic mass is 35.5. The Morgan fingerprint density at radius 3 is 2.12 bits per heavy atom. The van der Waals surface area contributed by atoms with E-state index < -0.39 is 0 Å². The number of carbonyl (C=O) groups excluding carboxylic acids is 1. The van der Waals surface area contributed by atoms with Crippen LogP contribution in [0.5, 0.6) is 5.75 Å². The van der Waals surface area contributed by atoms with Crippen LogP contribution >= 0.6 is 11.6 Å². The number of anilines is 1. The third-order valence-electron chi connectivity index (χ3n) is 4.33. The lowest BCUT2D eigenvalue weighted by molar-refractivity contribution is 0.252. The van der Waals surface area contributed by atoms with E-state index in [1.54, 1.807) is 19.1 Å². The molecule has 1 rings (SSSR count). The minimum atomic E-state index is -0.239. The molecule has 5 heteroatoms. The summed E-state index contributed by atoms with van der Waals surface area (Å²) in [5.41, 5.74) is 1.22. The van der Waals surface area contributed by atoms with Crippen molar-refractivity contribution in [1.29, 1.82) is 0 Å². The summed E-state index contributed by atoms with van der Waals surface area (Å²) in [4.78, 5) is 11.9. The Kier molecular flexibility index (Phi) is 11.1. The molecule has 0 aliphatic heterocycles. The molecule has 0 saturated heterocycles. The third kappa shape index (κ3) is 9.59. The molecule has 0 unspecified atom stereocenters. The van der Waals surface area contributed by atoms with Gasteiger partial charge >= 0.3 is 6.03 Å². The molecule has 25 heavy (non-hydrogen) atoms. The number of rotatable bonds is 12. The van der Waals surface area contributed by atoms with Crippen LogP contribution in [0.1, 0.15) is 76.7 Å². The highest BCUT2D eigenvalue weighted by molar-refractivity contribution is 6.32. The highest BCUT2D eigenvalue weighted by Crippen LogP contribution is 2.30. The van der Waals surface area contributed by atoms with Crippen molar-refractivity contribution in [3.8, 4) is 5.75 Å². The molecule has 142 valence electrons. The van der Waals surface area contributed by atoms with Gasteiger partial charge in [-0.3, -0.25) is 0 Å². The van der Waals surface area contributed by atoms with E-state index in [0.717, 1.165) is 12.8 Å². The number of unbranched alkanes of at least 4 members (excludes halogenated alkanes) is 9. The molecular formula is C20H33ClN2O2. The van der Waals surface area contributed by atoms with Crippen LogP contribution < -0.4 is 10.6 Å². The van der Waals surface area contributed by atoms with Gasteiger partial charge in [0.1, 0.15) is 5.75 Å². The van der Waals surface area contributed by atoms with Crippen molar-refractivity contribution in [3.05, 3.63) is 22.7 Å². The van der Waals surface area contributed by atoms with E-state index in [-0.39, 0.29) is 16.8 Å². The molecule has 0 radical (unpaired) electrons. The fourth-order valence-corrected chi connectivity index (χ4v) is 3.06. The zero-order chi connectivity index (χ0) is 18.5. The number of urea groups is 1. The van der Waals surface area contributed by atoms with Gasteiger partial charge < -0.3 is 15.7 Å². The van der Waals surface area contributed by atoms with Crippen LogP contribution in [-0.4, -0.2) is 17.7 Å². The van der Waals surface area contributed by atoms with Crippen molar-refractivity contribution in [2.45, 2.75) is 78.1 Å². The van der Waals surface area contributed by atoms with Crippen molar-refractivity contribution in [3.63, 3.8) is 0 Å². The number of halogens is 1. The molecule has 0 bridgehead atoms. The number of amides is 2. The zero-order valence-corrected chi connectivity index (χ0v) is 16.4. The average molecular weight is 369 g/mol. The Morgan fingerprint density at radius 2 is 1.56 bits per heavy atom. The number of phenolic OH excluding ortho intramolecular Hbond substituents is 1. The summed E-state index contributed by atoms with van der Waals surface area (Å²) in [5, 5.41) is 15.5. The maximum absolute atomic E-state index is 11.9. The van der Waals surface area contributed by atoms with Crippen molar-refractivity contribution >= 4 is 23.3 Å². The molecule has 3 N–H and O–H groups in total. The smallest absolute Gasteiger partial charge is 0.319 e. The number of phenols is 1. The van der Waals surface area contributed by atoms with E-state index in [4.69, 9.17) is 11.6 Å². The van der Waals surface area contributed by atoms with Crippen LogP contribution in [0.4, 0.5) is 10.5 Å². The third-order valence-corrected chi connectivity index (χ3v) is 4.62. The van der Waals surface area contributed by atoms with Crippen LogP contribution in [0, 0.1) is 6.92 Å². The minimum Gasteiger partial charge on any atom is -0.506 e. The van der Waals surface area contributed by atoms with Crippen LogP contribution in [0.3, 0.4) is 0 Å².